The van der Waals surface area contributed by atoms with Crippen LogP contribution in [-0.2, 0) is 11.3 Å². The van der Waals surface area contributed by atoms with Crippen LogP contribution in [0, 0.1) is 6.92 Å². The summed E-state index contributed by atoms with van der Waals surface area (Å²) in [6.07, 6.45) is 0. The third-order valence-corrected chi connectivity index (χ3v) is 5.32. The van der Waals surface area contributed by atoms with E-state index < -0.39 is 0 Å². The monoisotopic (exact) mass is 416 g/mol. The first-order valence-electron chi connectivity index (χ1n) is 8.72. The van der Waals surface area contributed by atoms with Gasteiger partial charge < -0.3 is 10.1 Å². The van der Waals surface area contributed by atoms with Crippen LogP contribution < -0.4 is 10.1 Å². The number of carbonyl (C=O) groups excluding carboxylic acids is 1. The number of thioether (sulfide) groups is 1. The Morgan fingerprint density at radius 1 is 1.29 bits per heavy atom. The van der Waals surface area contributed by atoms with Crippen molar-refractivity contribution in [2.75, 3.05) is 7.11 Å². The van der Waals surface area contributed by atoms with Crippen LogP contribution in [0.3, 0.4) is 0 Å². The number of rotatable bonds is 7. The zero-order valence-corrected chi connectivity index (χ0v) is 17.4. The van der Waals surface area contributed by atoms with E-state index in [2.05, 4.69) is 20.5 Å². The lowest BCUT2D eigenvalue weighted by Crippen LogP contribution is -2.30. The maximum atomic E-state index is 12.4. The first-order chi connectivity index (χ1) is 13.5. The summed E-state index contributed by atoms with van der Waals surface area (Å²) in [7, 11) is 1.58. The van der Waals surface area contributed by atoms with Gasteiger partial charge in [-0.2, -0.15) is 0 Å². The Bertz CT molecular complexity index is 959. The van der Waals surface area contributed by atoms with E-state index in [1.54, 1.807) is 25.3 Å². The van der Waals surface area contributed by atoms with Crippen LogP contribution in [0.2, 0.25) is 5.02 Å². The third kappa shape index (κ3) is 5.05. The quantitative estimate of drug-likeness (QED) is 0.563. The lowest BCUT2D eigenvalue weighted by Gasteiger charge is -2.10. The van der Waals surface area contributed by atoms with E-state index in [1.165, 1.54) is 17.3 Å². The smallest absolute Gasteiger partial charge is 0.233 e. The zero-order valence-electron chi connectivity index (χ0n) is 15.8. The lowest BCUT2D eigenvalue weighted by atomic mass is 10.1. The van der Waals surface area contributed by atoms with Crippen LogP contribution in [0.4, 0.5) is 0 Å². The fraction of sp³-hybridized carbons (Fsp3) is 0.250. The third-order valence-electron chi connectivity index (χ3n) is 4.12. The molecule has 1 aromatic heterocycles. The molecule has 0 fully saturated rings. The summed E-state index contributed by atoms with van der Waals surface area (Å²) in [6, 6.07) is 13.3. The number of nitrogens with zero attached hydrogens (tertiary/aromatic N) is 2. The number of nitrogens with one attached hydrogen (secondary N) is 2. The molecule has 28 heavy (non-hydrogen) atoms. The van der Waals surface area contributed by atoms with Gasteiger partial charge in [0.1, 0.15) is 5.75 Å². The minimum Gasteiger partial charge on any atom is -0.496 e. The second kappa shape index (κ2) is 9.12. The van der Waals surface area contributed by atoms with Gasteiger partial charge in [0.25, 0.3) is 0 Å². The molecular formula is C20H21ClN4O2S. The number of hydrogen-bond donors (Lipinski definition) is 2. The molecule has 2 aromatic carbocycles. The standard InChI is InChI=1S/C20H21ClN4O2S/c1-12-4-6-14(7-5-12)11-22-19(26)13(2)28-20-23-18(24-25-20)16-10-15(21)8-9-17(16)27-3/h4-10,13H,11H2,1-3H3,(H,22,26)(H,23,24,25)/t13-/m1/s1. The molecule has 0 spiro atoms. The first kappa shape index (κ1) is 20.2. The number of H-pyrrole nitrogens is 1. The summed E-state index contributed by atoms with van der Waals surface area (Å²) in [5.41, 5.74) is 2.96. The van der Waals surface area contributed by atoms with Gasteiger partial charge >= 0.3 is 0 Å². The van der Waals surface area contributed by atoms with Crippen LogP contribution in [0.1, 0.15) is 18.1 Å². The van der Waals surface area contributed by atoms with Gasteiger partial charge in [-0.15, -0.1) is 5.10 Å². The molecule has 1 atom stereocenters. The summed E-state index contributed by atoms with van der Waals surface area (Å²) in [5.74, 6) is 1.10. The summed E-state index contributed by atoms with van der Waals surface area (Å²) >= 11 is 7.36. The van der Waals surface area contributed by atoms with E-state index >= 15 is 0 Å². The van der Waals surface area contributed by atoms with Crippen molar-refractivity contribution in [1.29, 1.82) is 0 Å². The average molecular weight is 417 g/mol. The average Bonchev–Trinajstić information content (AvgIpc) is 3.15. The summed E-state index contributed by atoms with van der Waals surface area (Å²) < 4.78 is 5.35. The van der Waals surface area contributed by atoms with Gasteiger partial charge in [0, 0.05) is 11.6 Å². The molecular weight excluding hydrogens is 396 g/mol. The van der Waals surface area contributed by atoms with E-state index in [0.717, 1.165) is 5.56 Å². The van der Waals surface area contributed by atoms with E-state index in [9.17, 15) is 4.79 Å². The topological polar surface area (TPSA) is 79.9 Å². The van der Waals surface area contributed by atoms with Gasteiger partial charge in [0.05, 0.1) is 17.9 Å². The largest absolute Gasteiger partial charge is 0.496 e. The number of halogens is 1. The van der Waals surface area contributed by atoms with Crippen molar-refractivity contribution < 1.29 is 9.53 Å². The molecule has 0 aliphatic carbocycles. The second-order valence-electron chi connectivity index (χ2n) is 6.27. The molecule has 3 aromatic rings. The van der Waals surface area contributed by atoms with Gasteiger partial charge in [0.2, 0.25) is 11.1 Å². The Morgan fingerprint density at radius 3 is 2.75 bits per heavy atom. The highest BCUT2D eigenvalue weighted by molar-refractivity contribution is 8.00. The molecule has 0 aliphatic rings. The molecule has 146 valence electrons. The van der Waals surface area contributed by atoms with Crippen molar-refractivity contribution in [2.24, 2.45) is 0 Å². The van der Waals surface area contributed by atoms with E-state index in [-0.39, 0.29) is 11.2 Å². The van der Waals surface area contributed by atoms with Gasteiger partial charge in [-0.1, -0.05) is 53.2 Å². The zero-order chi connectivity index (χ0) is 20.1. The number of aryl methyl sites for hydroxylation is 1. The van der Waals surface area contributed by atoms with Gasteiger partial charge in [-0.3, -0.25) is 9.89 Å². The van der Waals surface area contributed by atoms with Crippen LogP contribution >= 0.6 is 23.4 Å². The number of aromatic nitrogens is 3. The molecule has 0 saturated carbocycles. The highest BCUT2D eigenvalue weighted by atomic mass is 35.5. The molecule has 1 amide bonds. The second-order valence-corrected chi connectivity index (χ2v) is 8.02. The van der Waals surface area contributed by atoms with Crippen LogP contribution in [-0.4, -0.2) is 33.4 Å². The van der Waals surface area contributed by atoms with E-state index in [4.69, 9.17) is 16.3 Å². The predicted octanol–water partition coefficient (Wildman–Crippen LogP) is 4.24. The van der Waals surface area contributed by atoms with Crippen molar-refractivity contribution in [2.45, 2.75) is 30.8 Å². The highest BCUT2D eigenvalue weighted by Crippen LogP contribution is 2.31. The summed E-state index contributed by atoms with van der Waals surface area (Å²) in [5, 5.41) is 10.7. The number of methoxy groups -OCH3 is 1. The fourth-order valence-corrected chi connectivity index (χ4v) is 3.46. The molecule has 1 heterocycles. The van der Waals surface area contributed by atoms with Gasteiger partial charge in [-0.25, -0.2) is 4.98 Å². The van der Waals surface area contributed by atoms with E-state index in [0.29, 0.717) is 33.9 Å². The number of hydrogen-bond acceptors (Lipinski definition) is 5. The summed E-state index contributed by atoms with van der Waals surface area (Å²) in [4.78, 5) is 16.8. The minimum absolute atomic E-state index is 0.0720. The number of amides is 1. The van der Waals surface area contributed by atoms with Crippen LogP contribution in [0.5, 0.6) is 5.75 Å². The highest BCUT2D eigenvalue weighted by Gasteiger charge is 2.18. The molecule has 6 nitrogen and oxygen atoms in total. The Hall–Kier alpha value is -2.51. The molecule has 2 N–H and O–H groups in total. The maximum Gasteiger partial charge on any atom is 0.233 e. The maximum absolute atomic E-state index is 12.4. The van der Waals surface area contributed by atoms with Gasteiger partial charge in [-0.05, 0) is 37.6 Å². The molecule has 0 bridgehead atoms. The molecule has 0 saturated heterocycles. The minimum atomic E-state index is -0.338. The lowest BCUT2D eigenvalue weighted by molar-refractivity contribution is -0.120. The number of aromatic amines is 1. The Balaban J connectivity index is 1.62. The van der Waals surface area contributed by atoms with Crippen LogP contribution in [0.25, 0.3) is 11.4 Å². The van der Waals surface area contributed by atoms with Crippen molar-refractivity contribution in [1.82, 2.24) is 20.5 Å². The number of carbonyl (C=O) groups is 1. The van der Waals surface area contributed by atoms with Crippen molar-refractivity contribution in [3.63, 3.8) is 0 Å². The van der Waals surface area contributed by atoms with Crippen LogP contribution in [0.15, 0.2) is 47.6 Å². The first-order valence-corrected chi connectivity index (χ1v) is 9.98. The Morgan fingerprint density at radius 2 is 2.04 bits per heavy atom. The molecule has 0 aliphatic heterocycles. The molecule has 3 rings (SSSR count). The SMILES string of the molecule is COc1ccc(Cl)cc1-c1nc(S[C@H](C)C(=O)NCc2ccc(C)cc2)n[nH]1. The summed E-state index contributed by atoms with van der Waals surface area (Å²) in [6.45, 7) is 4.35. The number of benzene rings is 2. The Kier molecular flexibility index (Phi) is 6.59. The predicted molar refractivity (Wildman–Crippen MR) is 112 cm³/mol. The molecule has 0 unspecified atom stereocenters. The van der Waals surface area contributed by atoms with Crippen molar-refractivity contribution in [3.8, 4) is 17.1 Å². The fourth-order valence-electron chi connectivity index (χ4n) is 2.54. The number of ether oxygens (including phenoxy) is 1. The van der Waals surface area contributed by atoms with Crippen molar-refractivity contribution >= 4 is 29.3 Å². The van der Waals surface area contributed by atoms with E-state index in [1.807, 2.05) is 38.1 Å². The molecule has 0 radical (unpaired) electrons. The van der Waals surface area contributed by atoms with Gasteiger partial charge in [0.15, 0.2) is 5.82 Å². The molecule has 8 heteroatoms. The normalized spacial score (nSPS) is 11.9. The Labute approximate surface area is 173 Å². The van der Waals surface area contributed by atoms with Crippen molar-refractivity contribution in [3.05, 3.63) is 58.6 Å².